The molecule has 1 aromatic carbocycles. The standard InChI is InChI=1S/C14H20O2/c1-10-6-5-9-13(11(2)15)14(10)16-12-7-3-4-8-12/h5-6,9,11-12,15H,3-4,7-8H2,1-2H3. The maximum atomic E-state index is 9.72. The Morgan fingerprint density at radius 2 is 2.00 bits per heavy atom. The molecular weight excluding hydrogens is 200 g/mol. The van der Waals surface area contributed by atoms with E-state index in [0.717, 1.165) is 29.7 Å². The fourth-order valence-electron chi connectivity index (χ4n) is 2.34. The monoisotopic (exact) mass is 220 g/mol. The van der Waals surface area contributed by atoms with Crippen molar-refractivity contribution in [3.63, 3.8) is 0 Å². The minimum Gasteiger partial charge on any atom is -0.490 e. The van der Waals surface area contributed by atoms with Crippen LogP contribution in [0, 0.1) is 6.92 Å². The quantitative estimate of drug-likeness (QED) is 0.846. The van der Waals surface area contributed by atoms with Gasteiger partial charge in [-0.15, -0.1) is 0 Å². The smallest absolute Gasteiger partial charge is 0.128 e. The van der Waals surface area contributed by atoms with E-state index in [1.807, 2.05) is 25.1 Å². The minimum atomic E-state index is -0.462. The first-order chi connectivity index (χ1) is 7.68. The molecule has 0 aliphatic heterocycles. The van der Waals surface area contributed by atoms with Crippen LogP contribution in [0.3, 0.4) is 0 Å². The molecular formula is C14H20O2. The summed E-state index contributed by atoms with van der Waals surface area (Å²) < 4.78 is 6.04. The average molecular weight is 220 g/mol. The number of aliphatic hydroxyl groups excluding tert-OH is 1. The molecule has 1 N–H and O–H groups in total. The molecule has 0 saturated heterocycles. The minimum absolute atomic E-state index is 0.346. The Labute approximate surface area is 97.3 Å². The van der Waals surface area contributed by atoms with Crippen molar-refractivity contribution in [2.45, 2.75) is 51.7 Å². The lowest BCUT2D eigenvalue weighted by Gasteiger charge is -2.19. The summed E-state index contributed by atoms with van der Waals surface area (Å²) >= 11 is 0. The van der Waals surface area contributed by atoms with Crippen LogP contribution >= 0.6 is 0 Å². The zero-order chi connectivity index (χ0) is 11.5. The first-order valence-electron chi connectivity index (χ1n) is 6.12. The van der Waals surface area contributed by atoms with Gasteiger partial charge in [0.15, 0.2) is 0 Å². The number of hydrogen-bond donors (Lipinski definition) is 1. The number of aryl methyl sites for hydroxylation is 1. The van der Waals surface area contributed by atoms with Crippen LogP contribution in [0.15, 0.2) is 18.2 Å². The fraction of sp³-hybridized carbons (Fsp3) is 0.571. The molecule has 0 radical (unpaired) electrons. The molecule has 16 heavy (non-hydrogen) atoms. The van der Waals surface area contributed by atoms with Crippen molar-refractivity contribution in [2.24, 2.45) is 0 Å². The highest BCUT2D eigenvalue weighted by atomic mass is 16.5. The van der Waals surface area contributed by atoms with Gasteiger partial charge in [-0.3, -0.25) is 0 Å². The van der Waals surface area contributed by atoms with E-state index >= 15 is 0 Å². The fourth-order valence-corrected chi connectivity index (χ4v) is 2.34. The molecule has 0 amide bonds. The second kappa shape index (κ2) is 4.88. The third-order valence-electron chi connectivity index (χ3n) is 3.28. The van der Waals surface area contributed by atoms with Gasteiger partial charge < -0.3 is 9.84 Å². The summed E-state index contributed by atoms with van der Waals surface area (Å²) in [5.41, 5.74) is 2.03. The molecule has 1 unspecified atom stereocenters. The van der Waals surface area contributed by atoms with Gasteiger partial charge in [-0.2, -0.15) is 0 Å². The van der Waals surface area contributed by atoms with Crippen molar-refractivity contribution < 1.29 is 9.84 Å². The lowest BCUT2D eigenvalue weighted by Crippen LogP contribution is -2.13. The summed E-state index contributed by atoms with van der Waals surface area (Å²) in [6.07, 6.45) is 4.71. The maximum absolute atomic E-state index is 9.72. The number of rotatable bonds is 3. The van der Waals surface area contributed by atoms with Crippen molar-refractivity contribution in [2.75, 3.05) is 0 Å². The number of hydrogen-bond acceptors (Lipinski definition) is 2. The van der Waals surface area contributed by atoms with Crippen molar-refractivity contribution in [3.05, 3.63) is 29.3 Å². The van der Waals surface area contributed by atoms with Crippen molar-refractivity contribution in [1.29, 1.82) is 0 Å². The van der Waals surface area contributed by atoms with E-state index in [9.17, 15) is 5.11 Å². The molecule has 0 aromatic heterocycles. The first kappa shape index (κ1) is 11.5. The third-order valence-corrected chi connectivity index (χ3v) is 3.28. The van der Waals surface area contributed by atoms with Crippen LogP contribution in [-0.2, 0) is 0 Å². The SMILES string of the molecule is Cc1cccc(C(C)O)c1OC1CCCC1. The lowest BCUT2D eigenvalue weighted by molar-refractivity contribution is 0.173. The molecule has 2 rings (SSSR count). The third kappa shape index (κ3) is 2.38. The Hall–Kier alpha value is -1.02. The van der Waals surface area contributed by atoms with Gasteiger partial charge in [-0.05, 0) is 45.1 Å². The van der Waals surface area contributed by atoms with Crippen molar-refractivity contribution in [1.82, 2.24) is 0 Å². The van der Waals surface area contributed by atoms with Crippen molar-refractivity contribution in [3.8, 4) is 5.75 Å². The highest BCUT2D eigenvalue weighted by Gasteiger charge is 2.20. The molecule has 2 nitrogen and oxygen atoms in total. The number of benzene rings is 1. The summed E-state index contributed by atoms with van der Waals surface area (Å²) in [7, 11) is 0. The van der Waals surface area contributed by atoms with Gasteiger partial charge in [0, 0.05) is 5.56 Å². The van der Waals surface area contributed by atoms with Gasteiger partial charge in [-0.1, -0.05) is 18.2 Å². The summed E-state index contributed by atoms with van der Waals surface area (Å²) in [6.45, 7) is 3.83. The van der Waals surface area contributed by atoms with Gasteiger partial charge >= 0.3 is 0 Å². The molecule has 1 saturated carbocycles. The molecule has 0 heterocycles. The van der Waals surface area contributed by atoms with E-state index in [2.05, 4.69) is 0 Å². The van der Waals surface area contributed by atoms with Crippen LogP contribution in [0.25, 0.3) is 0 Å². The topological polar surface area (TPSA) is 29.5 Å². The molecule has 1 atom stereocenters. The molecule has 0 bridgehead atoms. The van der Waals surface area contributed by atoms with Crippen LogP contribution in [0.4, 0.5) is 0 Å². The number of ether oxygens (including phenoxy) is 1. The second-order valence-electron chi connectivity index (χ2n) is 4.69. The van der Waals surface area contributed by atoms with Crippen LogP contribution in [0.5, 0.6) is 5.75 Å². The zero-order valence-corrected chi connectivity index (χ0v) is 10.1. The molecule has 0 spiro atoms. The van der Waals surface area contributed by atoms with Gasteiger partial charge in [0.2, 0.25) is 0 Å². The van der Waals surface area contributed by atoms with Crippen molar-refractivity contribution >= 4 is 0 Å². The lowest BCUT2D eigenvalue weighted by atomic mass is 10.1. The highest BCUT2D eigenvalue weighted by molar-refractivity contribution is 5.42. The second-order valence-corrected chi connectivity index (χ2v) is 4.69. The average Bonchev–Trinajstić information content (AvgIpc) is 2.73. The van der Waals surface area contributed by atoms with Crippen LogP contribution < -0.4 is 4.74 Å². The molecule has 2 heteroatoms. The van der Waals surface area contributed by atoms with Crippen LogP contribution in [-0.4, -0.2) is 11.2 Å². The Morgan fingerprint density at radius 1 is 1.31 bits per heavy atom. The molecule has 1 aliphatic carbocycles. The van der Waals surface area contributed by atoms with Crippen LogP contribution in [0.1, 0.15) is 49.8 Å². The van der Waals surface area contributed by atoms with Crippen LogP contribution in [0.2, 0.25) is 0 Å². The van der Waals surface area contributed by atoms with E-state index in [0.29, 0.717) is 6.10 Å². The van der Waals surface area contributed by atoms with Gasteiger partial charge in [0.1, 0.15) is 5.75 Å². The van der Waals surface area contributed by atoms with Gasteiger partial charge in [-0.25, -0.2) is 0 Å². The highest BCUT2D eigenvalue weighted by Crippen LogP contribution is 2.32. The molecule has 1 aliphatic rings. The van der Waals surface area contributed by atoms with E-state index in [-0.39, 0.29) is 0 Å². The van der Waals surface area contributed by atoms with E-state index < -0.39 is 6.10 Å². The number of para-hydroxylation sites is 1. The Bertz CT molecular complexity index is 352. The normalized spacial score (nSPS) is 18.7. The van der Waals surface area contributed by atoms with Gasteiger partial charge in [0.25, 0.3) is 0 Å². The molecule has 1 aromatic rings. The predicted molar refractivity (Wildman–Crippen MR) is 64.7 cm³/mol. The molecule has 1 fully saturated rings. The van der Waals surface area contributed by atoms with E-state index in [1.165, 1.54) is 12.8 Å². The van der Waals surface area contributed by atoms with E-state index in [4.69, 9.17) is 4.74 Å². The Balaban J connectivity index is 2.23. The van der Waals surface area contributed by atoms with Gasteiger partial charge in [0.05, 0.1) is 12.2 Å². The van der Waals surface area contributed by atoms with E-state index in [1.54, 1.807) is 6.92 Å². The Kier molecular flexibility index (Phi) is 3.49. The largest absolute Gasteiger partial charge is 0.490 e. The number of aliphatic hydroxyl groups is 1. The summed E-state index contributed by atoms with van der Waals surface area (Å²) in [4.78, 5) is 0. The predicted octanol–water partition coefficient (Wildman–Crippen LogP) is 3.37. The molecule has 88 valence electrons. The zero-order valence-electron chi connectivity index (χ0n) is 10.1. The Morgan fingerprint density at radius 3 is 2.62 bits per heavy atom. The summed E-state index contributed by atoms with van der Waals surface area (Å²) in [5.74, 6) is 0.893. The maximum Gasteiger partial charge on any atom is 0.128 e. The first-order valence-corrected chi connectivity index (χ1v) is 6.12. The summed E-state index contributed by atoms with van der Waals surface area (Å²) in [5, 5.41) is 9.72. The summed E-state index contributed by atoms with van der Waals surface area (Å²) in [6, 6.07) is 5.96.